The van der Waals surface area contributed by atoms with Crippen LogP contribution < -0.4 is 0 Å². The van der Waals surface area contributed by atoms with E-state index in [-0.39, 0.29) is 0 Å². The molecule has 92 valence electrons. The highest BCUT2D eigenvalue weighted by Gasteiger charge is 2.30. The minimum atomic E-state index is -1.84. The fraction of sp³-hybridized carbons (Fsp3) is 0.250. The molecule has 0 amide bonds. The molecule has 0 bridgehead atoms. The molecular weight excluding hydrogens is 280 g/mol. The lowest BCUT2D eigenvalue weighted by atomic mass is 10.0. The summed E-state index contributed by atoms with van der Waals surface area (Å²) < 4.78 is 3.38. The monoisotopic (exact) mass is 291 g/mol. The number of ether oxygens (including phenoxy) is 1. The van der Waals surface area contributed by atoms with Crippen molar-refractivity contribution in [3.63, 3.8) is 0 Å². The second-order valence-electron chi connectivity index (χ2n) is 3.48. The zero-order valence-corrected chi connectivity index (χ0v) is 11.5. The molecule has 0 fully saturated rings. The molecule has 0 spiro atoms. The summed E-state index contributed by atoms with van der Waals surface area (Å²) in [5, 5.41) is 7.47. The maximum Gasteiger partial charge on any atom is 0.265 e. The molecule has 2 nitrogen and oxygen atoms in total. The molecule has 0 saturated heterocycles. The first-order valence-electron chi connectivity index (χ1n) is 4.89. The first kappa shape index (κ1) is 14.4. The minimum Gasteiger partial charge on any atom is -0.470 e. The molecule has 5 heteroatoms. The van der Waals surface area contributed by atoms with Crippen molar-refractivity contribution in [1.82, 2.24) is 0 Å². The summed E-state index contributed by atoms with van der Waals surface area (Å²) in [6.07, 6.45) is -0.430. The van der Waals surface area contributed by atoms with E-state index in [0.717, 1.165) is 11.1 Å². The molecule has 1 N–H and O–H groups in total. The van der Waals surface area contributed by atoms with Crippen LogP contribution in [0, 0.1) is 5.41 Å². The highest BCUT2D eigenvalue weighted by Crippen LogP contribution is 2.29. The van der Waals surface area contributed by atoms with Crippen LogP contribution in [0.5, 0.6) is 0 Å². The van der Waals surface area contributed by atoms with Crippen LogP contribution in [-0.2, 0) is 4.74 Å². The molecule has 0 saturated carbocycles. The third-order valence-corrected chi connectivity index (χ3v) is 2.70. The normalized spacial score (nSPS) is 12.9. The summed E-state index contributed by atoms with van der Waals surface area (Å²) in [7, 11) is 0. The van der Waals surface area contributed by atoms with Gasteiger partial charge in [0.2, 0.25) is 5.90 Å². The zero-order valence-electron chi connectivity index (χ0n) is 9.21. The average molecular weight is 293 g/mol. The van der Waals surface area contributed by atoms with Gasteiger partial charge in [-0.05, 0) is 18.1 Å². The van der Waals surface area contributed by atoms with E-state index in [1.807, 2.05) is 30.3 Å². The lowest BCUT2D eigenvalue weighted by molar-refractivity contribution is 0.257. The second-order valence-corrected chi connectivity index (χ2v) is 5.76. The topological polar surface area (TPSA) is 33.1 Å². The predicted molar refractivity (Wildman–Crippen MR) is 74.0 cm³/mol. The quantitative estimate of drug-likeness (QED) is 0.498. The summed E-state index contributed by atoms with van der Waals surface area (Å²) >= 11 is 16.6. The predicted octanol–water partition coefficient (Wildman–Crippen LogP) is 4.45. The van der Waals surface area contributed by atoms with Crippen molar-refractivity contribution >= 4 is 46.3 Å². The Bertz CT molecular complexity index is 412. The van der Waals surface area contributed by atoms with E-state index in [1.54, 1.807) is 6.92 Å². The average Bonchev–Trinajstić information content (AvgIpc) is 2.27. The molecule has 1 atom stereocenters. The third kappa shape index (κ3) is 4.23. The Balaban J connectivity index is 2.69. The SMILES string of the molecule is C=C(c1ccccc1)C(C)OC(=N)C(Cl)(Cl)Cl. The zero-order chi connectivity index (χ0) is 13.1. The van der Waals surface area contributed by atoms with E-state index >= 15 is 0 Å². The van der Waals surface area contributed by atoms with Gasteiger partial charge in [-0.2, -0.15) is 0 Å². The van der Waals surface area contributed by atoms with E-state index in [9.17, 15) is 0 Å². The Hall–Kier alpha value is -0.700. The van der Waals surface area contributed by atoms with Crippen LogP contribution in [0.25, 0.3) is 5.57 Å². The van der Waals surface area contributed by atoms with Crippen molar-refractivity contribution in [2.24, 2.45) is 0 Å². The van der Waals surface area contributed by atoms with Crippen LogP contribution in [0.1, 0.15) is 12.5 Å². The fourth-order valence-corrected chi connectivity index (χ4v) is 1.34. The summed E-state index contributed by atoms with van der Waals surface area (Å²) in [4.78, 5) is 0. The van der Waals surface area contributed by atoms with Crippen LogP contribution in [0.4, 0.5) is 0 Å². The number of hydrogen-bond acceptors (Lipinski definition) is 2. The number of rotatable bonds is 3. The van der Waals surface area contributed by atoms with Gasteiger partial charge in [-0.1, -0.05) is 71.7 Å². The number of hydrogen-bond donors (Lipinski definition) is 1. The van der Waals surface area contributed by atoms with E-state index in [4.69, 9.17) is 44.9 Å². The summed E-state index contributed by atoms with van der Waals surface area (Å²) in [5.41, 5.74) is 1.65. The lowest BCUT2D eigenvalue weighted by Gasteiger charge is -2.21. The van der Waals surface area contributed by atoms with Gasteiger partial charge in [0.1, 0.15) is 6.10 Å². The molecule has 1 aromatic rings. The molecule has 1 unspecified atom stereocenters. The Morgan fingerprint density at radius 3 is 2.29 bits per heavy atom. The van der Waals surface area contributed by atoms with Gasteiger partial charge in [-0.25, -0.2) is 0 Å². The molecule has 0 aliphatic heterocycles. The van der Waals surface area contributed by atoms with Gasteiger partial charge in [0, 0.05) is 0 Å². The van der Waals surface area contributed by atoms with Crippen molar-refractivity contribution in [2.45, 2.75) is 16.8 Å². The number of nitrogens with one attached hydrogen (secondary N) is 1. The largest absolute Gasteiger partial charge is 0.470 e. The van der Waals surface area contributed by atoms with Crippen LogP contribution in [0.3, 0.4) is 0 Å². The Kier molecular flexibility index (Phi) is 4.87. The third-order valence-electron chi connectivity index (χ3n) is 2.19. The highest BCUT2D eigenvalue weighted by molar-refractivity contribution is 6.76. The van der Waals surface area contributed by atoms with Crippen LogP contribution in [0.15, 0.2) is 36.9 Å². The first-order valence-corrected chi connectivity index (χ1v) is 6.02. The molecule has 0 aliphatic carbocycles. The van der Waals surface area contributed by atoms with E-state index in [0.29, 0.717) is 0 Å². The smallest absolute Gasteiger partial charge is 0.265 e. The molecular formula is C12H12Cl3NO. The van der Waals surface area contributed by atoms with Crippen molar-refractivity contribution in [3.8, 4) is 0 Å². The van der Waals surface area contributed by atoms with Gasteiger partial charge in [0.15, 0.2) is 0 Å². The van der Waals surface area contributed by atoms with Crippen molar-refractivity contribution < 1.29 is 4.74 Å². The first-order chi connectivity index (χ1) is 7.82. The van der Waals surface area contributed by atoms with Gasteiger partial charge >= 0.3 is 0 Å². The van der Waals surface area contributed by atoms with Crippen molar-refractivity contribution in [2.75, 3.05) is 0 Å². The van der Waals surface area contributed by atoms with Gasteiger partial charge in [-0.3, -0.25) is 5.41 Å². The molecule has 17 heavy (non-hydrogen) atoms. The van der Waals surface area contributed by atoms with Crippen LogP contribution >= 0.6 is 34.8 Å². The Morgan fingerprint density at radius 1 is 1.29 bits per heavy atom. The van der Waals surface area contributed by atoms with Crippen LogP contribution in [0.2, 0.25) is 0 Å². The van der Waals surface area contributed by atoms with Crippen molar-refractivity contribution in [1.29, 1.82) is 5.41 Å². The van der Waals surface area contributed by atoms with Gasteiger partial charge in [-0.15, -0.1) is 0 Å². The molecule has 1 aromatic carbocycles. The molecule has 0 radical (unpaired) electrons. The fourth-order valence-electron chi connectivity index (χ4n) is 1.20. The minimum absolute atomic E-state index is 0.410. The maximum absolute atomic E-state index is 7.47. The summed E-state index contributed by atoms with van der Waals surface area (Å²) in [6, 6.07) is 9.51. The van der Waals surface area contributed by atoms with Crippen molar-refractivity contribution in [3.05, 3.63) is 42.5 Å². The van der Waals surface area contributed by atoms with Gasteiger partial charge in [0.25, 0.3) is 3.79 Å². The summed E-state index contributed by atoms with van der Waals surface area (Å²) in [5.74, 6) is -0.410. The van der Waals surface area contributed by atoms with Crippen LogP contribution in [-0.4, -0.2) is 15.8 Å². The molecule has 0 heterocycles. The van der Waals surface area contributed by atoms with Gasteiger partial charge < -0.3 is 4.74 Å². The van der Waals surface area contributed by atoms with E-state index < -0.39 is 15.8 Å². The maximum atomic E-state index is 7.47. The molecule has 1 rings (SSSR count). The number of halogens is 3. The Labute approximate surface area is 116 Å². The standard InChI is InChI=1S/C12H12Cl3NO/c1-8(10-6-4-3-5-7-10)9(2)17-11(16)12(13,14)15/h3-7,9,16H,1H2,2H3. The highest BCUT2D eigenvalue weighted by atomic mass is 35.6. The molecule has 0 aromatic heterocycles. The van der Waals surface area contributed by atoms with Gasteiger partial charge in [0.05, 0.1) is 0 Å². The number of alkyl halides is 3. The lowest BCUT2D eigenvalue weighted by Crippen LogP contribution is -2.26. The van der Waals surface area contributed by atoms with E-state index in [1.165, 1.54) is 0 Å². The Morgan fingerprint density at radius 2 is 1.82 bits per heavy atom. The summed E-state index contributed by atoms with van der Waals surface area (Å²) in [6.45, 7) is 5.66. The molecule has 0 aliphatic rings. The number of benzene rings is 1. The van der Waals surface area contributed by atoms with E-state index in [2.05, 4.69) is 6.58 Å². The second kappa shape index (κ2) is 5.76.